The number of pyridine rings is 1. The molecule has 0 aliphatic rings. The molecule has 3 nitrogen and oxygen atoms in total. The van der Waals surface area contributed by atoms with Gasteiger partial charge in [0.15, 0.2) is 0 Å². The Morgan fingerprint density at radius 1 is 1.57 bits per heavy atom. The Balaban J connectivity index is 2.24. The van der Waals surface area contributed by atoms with Gasteiger partial charge < -0.3 is 4.74 Å². The first-order valence-corrected chi connectivity index (χ1v) is 4.87. The van der Waals surface area contributed by atoms with Crippen LogP contribution in [0.5, 0.6) is 0 Å². The number of aryl methyl sites for hydroxylation is 1. The predicted molar refractivity (Wildman–Crippen MR) is 53.8 cm³/mol. The fourth-order valence-electron chi connectivity index (χ4n) is 1.08. The van der Waals surface area contributed by atoms with Gasteiger partial charge >= 0.3 is 5.97 Å². The molecule has 0 N–H and O–H groups in total. The lowest BCUT2D eigenvalue weighted by Crippen LogP contribution is -2.06. The Hall–Kier alpha value is -1.38. The summed E-state index contributed by atoms with van der Waals surface area (Å²) in [6, 6.07) is 3.83. The average molecular weight is 193 g/mol. The van der Waals surface area contributed by atoms with Crippen LogP contribution in [0, 0.1) is 0 Å². The smallest absolute Gasteiger partial charge is 0.306 e. The number of carbonyl (C=O) groups excluding carboxylic acids is 1. The van der Waals surface area contributed by atoms with Crippen molar-refractivity contribution in [2.75, 3.05) is 6.61 Å². The second kappa shape index (κ2) is 6.13. The maximum absolute atomic E-state index is 11.1. The van der Waals surface area contributed by atoms with Gasteiger partial charge in [-0.3, -0.25) is 9.78 Å². The van der Waals surface area contributed by atoms with Crippen molar-refractivity contribution >= 4 is 5.97 Å². The molecule has 0 aliphatic carbocycles. The lowest BCUT2D eigenvalue weighted by Gasteiger charge is -2.02. The van der Waals surface area contributed by atoms with Crippen LogP contribution < -0.4 is 0 Å². The fourth-order valence-corrected chi connectivity index (χ4v) is 1.08. The number of hydrogen-bond donors (Lipinski definition) is 0. The van der Waals surface area contributed by atoms with Crippen molar-refractivity contribution in [2.24, 2.45) is 0 Å². The van der Waals surface area contributed by atoms with Gasteiger partial charge in [-0.1, -0.05) is 13.0 Å². The van der Waals surface area contributed by atoms with E-state index in [4.69, 9.17) is 4.74 Å². The molecule has 3 heteroatoms. The van der Waals surface area contributed by atoms with Crippen molar-refractivity contribution in [1.29, 1.82) is 0 Å². The van der Waals surface area contributed by atoms with E-state index in [0.29, 0.717) is 19.4 Å². The van der Waals surface area contributed by atoms with Crippen molar-refractivity contribution in [2.45, 2.75) is 26.2 Å². The summed E-state index contributed by atoms with van der Waals surface area (Å²) in [6.45, 7) is 2.50. The highest BCUT2D eigenvalue weighted by Gasteiger charge is 2.02. The van der Waals surface area contributed by atoms with Gasteiger partial charge in [0, 0.05) is 18.8 Å². The van der Waals surface area contributed by atoms with Crippen LogP contribution in [0.15, 0.2) is 24.5 Å². The normalized spacial score (nSPS) is 9.79. The molecule has 1 aromatic heterocycles. The summed E-state index contributed by atoms with van der Waals surface area (Å²) in [5.74, 6) is -0.129. The van der Waals surface area contributed by atoms with Gasteiger partial charge in [0.05, 0.1) is 6.61 Å². The summed E-state index contributed by atoms with van der Waals surface area (Å²) in [5.41, 5.74) is 1.07. The predicted octanol–water partition coefficient (Wildman–Crippen LogP) is 1.97. The molecule has 0 saturated carbocycles. The van der Waals surface area contributed by atoms with Gasteiger partial charge in [-0.2, -0.15) is 0 Å². The number of aromatic nitrogens is 1. The minimum atomic E-state index is -0.129. The molecule has 14 heavy (non-hydrogen) atoms. The summed E-state index contributed by atoms with van der Waals surface area (Å²) in [5, 5.41) is 0. The fraction of sp³-hybridized carbons (Fsp3) is 0.455. The van der Waals surface area contributed by atoms with E-state index in [9.17, 15) is 4.79 Å². The molecule has 0 fully saturated rings. The summed E-state index contributed by atoms with van der Waals surface area (Å²) >= 11 is 0. The van der Waals surface area contributed by atoms with Crippen LogP contribution >= 0.6 is 0 Å². The highest BCUT2D eigenvalue weighted by atomic mass is 16.5. The molecule has 1 aromatic rings. The van der Waals surface area contributed by atoms with E-state index >= 15 is 0 Å². The van der Waals surface area contributed by atoms with Crippen LogP contribution in [-0.2, 0) is 16.0 Å². The molecule has 1 heterocycles. The molecule has 0 spiro atoms. The lowest BCUT2D eigenvalue weighted by molar-refractivity contribution is -0.143. The molecule has 0 aliphatic heterocycles. The van der Waals surface area contributed by atoms with E-state index < -0.39 is 0 Å². The van der Waals surface area contributed by atoms with E-state index in [1.165, 1.54) is 0 Å². The molecule has 0 bridgehead atoms. The molecule has 0 saturated heterocycles. The van der Waals surface area contributed by atoms with Crippen LogP contribution in [0.25, 0.3) is 0 Å². The van der Waals surface area contributed by atoms with E-state index in [2.05, 4.69) is 4.98 Å². The van der Waals surface area contributed by atoms with Crippen LogP contribution in [0.1, 0.15) is 25.3 Å². The zero-order chi connectivity index (χ0) is 10.2. The number of nitrogens with zero attached hydrogens (tertiary/aromatic N) is 1. The van der Waals surface area contributed by atoms with Gasteiger partial charge in [0.2, 0.25) is 0 Å². The Labute approximate surface area is 84.1 Å². The quantitative estimate of drug-likeness (QED) is 0.671. The van der Waals surface area contributed by atoms with Crippen molar-refractivity contribution in [3.63, 3.8) is 0 Å². The Bertz CT molecular complexity index is 272. The number of esters is 1. The van der Waals surface area contributed by atoms with Crippen molar-refractivity contribution in [3.8, 4) is 0 Å². The molecule has 0 radical (unpaired) electrons. The second-order valence-electron chi connectivity index (χ2n) is 3.08. The SMILES string of the molecule is CCCOC(=O)CCc1cccnc1. The molecule has 0 unspecified atom stereocenters. The third-order valence-electron chi connectivity index (χ3n) is 1.81. The van der Waals surface area contributed by atoms with E-state index in [0.717, 1.165) is 12.0 Å². The summed E-state index contributed by atoms with van der Waals surface area (Å²) in [6.07, 6.45) is 5.51. The van der Waals surface area contributed by atoms with Crippen LogP contribution in [0.4, 0.5) is 0 Å². The van der Waals surface area contributed by atoms with Crippen molar-refractivity contribution < 1.29 is 9.53 Å². The zero-order valence-electron chi connectivity index (χ0n) is 8.40. The molecular formula is C11H15NO2. The molecule has 0 atom stereocenters. The highest BCUT2D eigenvalue weighted by molar-refractivity contribution is 5.69. The summed E-state index contributed by atoms with van der Waals surface area (Å²) in [4.78, 5) is 15.1. The van der Waals surface area contributed by atoms with Gasteiger partial charge in [-0.05, 0) is 24.5 Å². The van der Waals surface area contributed by atoms with E-state index in [-0.39, 0.29) is 5.97 Å². The Kier molecular flexibility index (Phi) is 4.69. The minimum absolute atomic E-state index is 0.129. The van der Waals surface area contributed by atoms with Crippen LogP contribution in [0.3, 0.4) is 0 Å². The molecular weight excluding hydrogens is 178 g/mol. The largest absolute Gasteiger partial charge is 0.466 e. The maximum atomic E-state index is 11.1. The van der Waals surface area contributed by atoms with Gasteiger partial charge in [0.1, 0.15) is 0 Å². The topological polar surface area (TPSA) is 39.2 Å². The van der Waals surface area contributed by atoms with Crippen molar-refractivity contribution in [3.05, 3.63) is 30.1 Å². The lowest BCUT2D eigenvalue weighted by atomic mass is 10.2. The molecule has 76 valence electrons. The number of hydrogen-bond acceptors (Lipinski definition) is 3. The zero-order valence-corrected chi connectivity index (χ0v) is 8.40. The first kappa shape index (κ1) is 10.7. The molecule has 1 rings (SSSR count). The van der Waals surface area contributed by atoms with Gasteiger partial charge in [-0.25, -0.2) is 0 Å². The van der Waals surface area contributed by atoms with Crippen LogP contribution in [0.2, 0.25) is 0 Å². The van der Waals surface area contributed by atoms with Gasteiger partial charge in [-0.15, -0.1) is 0 Å². The molecule has 0 aromatic carbocycles. The maximum Gasteiger partial charge on any atom is 0.306 e. The molecule has 0 amide bonds. The first-order chi connectivity index (χ1) is 6.83. The van der Waals surface area contributed by atoms with Crippen LogP contribution in [-0.4, -0.2) is 17.6 Å². The number of carbonyl (C=O) groups is 1. The first-order valence-electron chi connectivity index (χ1n) is 4.87. The summed E-state index contributed by atoms with van der Waals surface area (Å²) < 4.78 is 4.95. The minimum Gasteiger partial charge on any atom is -0.466 e. The Morgan fingerprint density at radius 3 is 3.07 bits per heavy atom. The highest BCUT2D eigenvalue weighted by Crippen LogP contribution is 2.01. The third-order valence-corrected chi connectivity index (χ3v) is 1.81. The number of ether oxygens (including phenoxy) is 1. The standard InChI is InChI=1S/C11H15NO2/c1-2-8-14-11(13)6-5-10-4-3-7-12-9-10/h3-4,7,9H,2,5-6,8H2,1H3. The number of rotatable bonds is 5. The third kappa shape index (κ3) is 4.03. The second-order valence-corrected chi connectivity index (χ2v) is 3.08. The van der Waals surface area contributed by atoms with E-state index in [1.807, 2.05) is 19.1 Å². The monoisotopic (exact) mass is 193 g/mol. The average Bonchev–Trinajstić information content (AvgIpc) is 2.25. The summed E-state index contributed by atoms with van der Waals surface area (Å²) in [7, 11) is 0. The van der Waals surface area contributed by atoms with Gasteiger partial charge in [0.25, 0.3) is 0 Å². The van der Waals surface area contributed by atoms with E-state index in [1.54, 1.807) is 12.4 Å². The Morgan fingerprint density at radius 2 is 2.43 bits per heavy atom. The van der Waals surface area contributed by atoms with Crippen molar-refractivity contribution in [1.82, 2.24) is 4.98 Å².